The number of benzene rings is 1. The standard InChI is InChI=1S/C18H22ClN3O2/c1-2-10-22(13-7-9-20-11-13)17(23)12-24-16-6-5-15(19)14-4-3-8-21-18(14)16/h3-6,8,13,20H,2,7,9-12H2,1H3. The van der Waals surface area contributed by atoms with Gasteiger partial charge in [0.2, 0.25) is 0 Å². The van der Waals surface area contributed by atoms with Crippen molar-refractivity contribution in [1.82, 2.24) is 15.2 Å². The number of carbonyl (C=O) groups is 1. The van der Waals surface area contributed by atoms with Crippen LogP contribution in [0, 0.1) is 0 Å². The van der Waals surface area contributed by atoms with Crippen molar-refractivity contribution in [2.45, 2.75) is 25.8 Å². The molecule has 0 radical (unpaired) electrons. The molecule has 128 valence electrons. The third kappa shape index (κ3) is 3.62. The molecule has 1 unspecified atom stereocenters. The maximum atomic E-state index is 12.6. The van der Waals surface area contributed by atoms with Crippen LogP contribution >= 0.6 is 11.6 Å². The molecule has 0 saturated carbocycles. The van der Waals surface area contributed by atoms with Gasteiger partial charge >= 0.3 is 0 Å². The summed E-state index contributed by atoms with van der Waals surface area (Å²) >= 11 is 6.19. The maximum absolute atomic E-state index is 12.6. The van der Waals surface area contributed by atoms with E-state index in [2.05, 4.69) is 17.2 Å². The smallest absolute Gasteiger partial charge is 0.260 e. The highest BCUT2D eigenvalue weighted by Gasteiger charge is 2.26. The van der Waals surface area contributed by atoms with E-state index in [4.69, 9.17) is 16.3 Å². The molecular formula is C18H22ClN3O2. The van der Waals surface area contributed by atoms with E-state index < -0.39 is 0 Å². The summed E-state index contributed by atoms with van der Waals surface area (Å²) in [5.74, 6) is 0.605. The fourth-order valence-electron chi connectivity index (χ4n) is 3.11. The van der Waals surface area contributed by atoms with Gasteiger partial charge in [-0.15, -0.1) is 0 Å². The van der Waals surface area contributed by atoms with Crippen molar-refractivity contribution in [2.75, 3.05) is 26.2 Å². The lowest BCUT2D eigenvalue weighted by atomic mass is 10.2. The zero-order valence-corrected chi connectivity index (χ0v) is 14.6. The third-order valence-electron chi connectivity index (χ3n) is 4.29. The van der Waals surface area contributed by atoms with Gasteiger partial charge in [-0.25, -0.2) is 0 Å². The van der Waals surface area contributed by atoms with Crippen molar-refractivity contribution in [3.8, 4) is 5.75 Å². The van der Waals surface area contributed by atoms with Gasteiger partial charge < -0.3 is 15.0 Å². The van der Waals surface area contributed by atoms with E-state index in [9.17, 15) is 4.79 Å². The number of rotatable bonds is 6. The molecule has 1 fully saturated rings. The lowest BCUT2D eigenvalue weighted by Crippen LogP contribution is -2.44. The number of hydrogen-bond donors (Lipinski definition) is 1. The molecule has 2 heterocycles. The number of aromatic nitrogens is 1. The SMILES string of the molecule is CCCN(C(=O)COc1ccc(Cl)c2cccnc12)C1CCNC1. The molecule has 0 spiro atoms. The first-order chi connectivity index (χ1) is 11.7. The van der Waals surface area contributed by atoms with Crippen molar-refractivity contribution < 1.29 is 9.53 Å². The maximum Gasteiger partial charge on any atom is 0.260 e. The monoisotopic (exact) mass is 347 g/mol. The zero-order valence-electron chi connectivity index (χ0n) is 13.8. The number of amides is 1. The lowest BCUT2D eigenvalue weighted by molar-refractivity contribution is -0.135. The minimum Gasteiger partial charge on any atom is -0.481 e. The molecule has 2 aromatic rings. The Balaban J connectivity index is 1.72. The number of nitrogens with zero attached hydrogens (tertiary/aromatic N) is 2. The molecule has 3 rings (SSSR count). The number of hydrogen-bond acceptors (Lipinski definition) is 4. The summed E-state index contributed by atoms with van der Waals surface area (Å²) in [4.78, 5) is 18.9. The van der Waals surface area contributed by atoms with E-state index in [1.54, 1.807) is 18.3 Å². The predicted octanol–water partition coefficient (Wildman–Crippen LogP) is 2.87. The second-order valence-corrected chi connectivity index (χ2v) is 6.37. The number of nitrogens with one attached hydrogen (secondary N) is 1. The topological polar surface area (TPSA) is 54.5 Å². The fourth-order valence-corrected chi connectivity index (χ4v) is 3.32. The average molecular weight is 348 g/mol. The van der Waals surface area contributed by atoms with Gasteiger partial charge in [-0.05, 0) is 43.7 Å². The Morgan fingerprint density at radius 3 is 3.08 bits per heavy atom. The second-order valence-electron chi connectivity index (χ2n) is 5.97. The van der Waals surface area contributed by atoms with Crippen LogP contribution in [0.3, 0.4) is 0 Å². The molecule has 1 aromatic carbocycles. The highest BCUT2D eigenvalue weighted by molar-refractivity contribution is 6.35. The molecule has 0 bridgehead atoms. The fraction of sp³-hybridized carbons (Fsp3) is 0.444. The zero-order chi connectivity index (χ0) is 16.9. The number of ether oxygens (including phenoxy) is 1. The summed E-state index contributed by atoms with van der Waals surface area (Å²) in [7, 11) is 0. The first kappa shape index (κ1) is 17.0. The Morgan fingerprint density at radius 1 is 1.46 bits per heavy atom. The summed E-state index contributed by atoms with van der Waals surface area (Å²) in [6.07, 6.45) is 3.63. The Bertz CT molecular complexity index is 716. The van der Waals surface area contributed by atoms with Crippen LogP contribution in [0.15, 0.2) is 30.5 Å². The Labute approximate surface area is 146 Å². The Kier molecular flexibility index (Phi) is 5.53. The largest absolute Gasteiger partial charge is 0.481 e. The van der Waals surface area contributed by atoms with E-state index in [0.29, 0.717) is 16.3 Å². The Morgan fingerprint density at radius 2 is 2.33 bits per heavy atom. The van der Waals surface area contributed by atoms with Gasteiger partial charge in [0, 0.05) is 30.7 Å². The van der Waals surface area contributed by atoms with Gasteiger partial charge in [0.1, 0.15) is 11.3 Å². The van der Waals surface area contributed by atoms with Gasteiger partial charge in [-0.3, -0.25) is 9.78 Å². The molecule has 1 aromatic heterocycles. The van der Waals surface area contributed by atoms with E-state index >= 15 is 0 Å². The predicted molar refractivity (Wildman–Crippen MR) is 95.5 cm³/mol. The van der Waals surface area contributed by atoms with Gasteiger partial charge in [0.05, 0.1) is 5.02 Å². The highest BCUT2D eigenvalue weighted by Crippen LogP contribution is 2.29. The van der Waals surface area contributed by atoms with Crippen LogP contribution < -0.4 is 10.1 Å². The van der Waals surface area contributed by atoms with Crippen molar-refractivity contribution in [2.24, 2.45) is 0 Å². The van der Waals surface area contributed by atoms with Gasteiger partial charge in [0.15, 0.2) is 6.61 Å². The van der Waals surface area contributed by atoms with Crippen LogP contribution in [0.25, 0.3) is 10.9 Å². The van der Waals surface area contributed by atoms with E-state index in [-0.39, 0.29) is 18.6 Å². The van der Waals surface area contributed by atoms with Crippen LogP contribution in [0.5, 0.6) is 5.75 Å². The quantitative estimate of drug-likeness (QED) is 0.873. The molecule has 1 saturated heterocycles. The number of fused-ring (bicyclic) bond motifs is 1. The summed E-state index contributed by atoms with van der Waals surface area (Å²) in [6.45, 7) is 4.68. The Hall–Kier alpha value is -1.85. The van der Waals surface area contributed by atoms with E-state index in [1.807, 2.05) is 17.0 Å². The molecule has 1 aliphatic heterocycles. The molecule has 1 amide bonds. The molecule has 1 atom stereocenters. The second kappa shape index (κ2) is 7.81. The minimum atomic E-state index is 0.0177. The number of carbonyl (C=O) groups excluding carboxylic acids is 1. The molecular weight excluding hydrogens is 326 g/mol. The van der Waals surface area contributed by atoms with Crippen molar-refractivity contribution in [3.63, 3.8) is 0 Å². The lowest BCUT2D eigenvalue weighted by Gasteiger charge is -2.28. The van der Waals surface area contributed by atoms with Crippen molar-refractivity contribution in [3.05, 3.63) is 35.5 Å². The summed E-state index contributed by atoms with van der Waals surface area (Å²) < 4.78 is 5.79. The number of halogens is 1. The van der Waals surface area contributed by atoms with Crippen LogP contribution in [-0.2, 0) is 4.79 Å². The van der Waals surface area contributed by atoms with E-state index in [1.165, 1.54) is 0 Å². The van der Waals surface area contributed by atoms with Crippen LogP contribution in [0.4, 0.5) is 0 Å². The highest BCUT2D eigenvalue weighted by atomic mass is 35.5. The molecule has 1 N–H and O–H groups in total. The van der Waals surface area contributed by atoms with Crippen LogP contribution in [0.1, 0.15) is 19.8 Å². The summed E-state index contributed by atoms with van der Waals surface area (Å²) in [6, 6.07) is 7.54. The molecule has 1 aliphatic rings. The van der Waals surface area contributed by atoms with E-state index in [0.717, 1.165) is 37.9 Å². The van der Waals surface area contributed by atoms with Crippen LogP contribution in [-0.4, -0.2) is 48.1 Å². The molecule has 6 heteroatoms. The van der Waals surface area contributed by atoms with Crippen molar-refractivity contribution in [1.29, 1.82) is 0 Å². The van der Waals surface area contributed by atoms with Gasteiger partial charge in [-0.2, -0.15) is 0 Å². The first-order valence-electron chi connectivity index (χ1n) is 8.37. The van der Waals surface area contributed by atoms with Crippen molar-refractivity contribution >= 4 is 28.4 Å². The molecule has 24 heavy (non-hydrogen) atoms. The van der Waals surface area contributed by atoms with Crippen LogP contribution in [0.2, 0.25) is 5.02 Å². The van der Waals surface area contributed by atoms with Gasteiger partial charge in [-0.1, -0.05) is 18.5 Å². The summed E-state index contributed by atoms with van der Waals surface area (Å²) in [5.41, 5.74) is 0.683. The number of pyridine rings is 1. The minimum absolute atomic E-state index is 0.0177. The van der Waals surface area contributed by atoms with Gasteiger partial charge in [0.25, 0.3) is 5.91 Å². The average Bonchev–Trinajstić information content (AvgIpc) is 3.13. The first-order valence-corrected chi connectivity index (χ1v) is 8.74. The summed E-state index contributed by atoms with van der Waals surface area (Å²) in [5, 5.41) is 4.77. The molecule has 0 aliphatic carbocycles. The molecule has 5 nitrogen and oxygen atoms in total. The third-order valence-corrected chi connectivity index (χ3v) is 4.62. The normalized spacial score (nSPS) is 17.2.